The van der Waals surface area contributed by atoms with Crippen molar-refractivity contribution < 1.29 is 9.53 Å². The first-order valence-corrected chi connectivity index (χ1v) is 6.87. The van der Waals surface area contributed by atoms with Crippen LogP contribution in [-0.4, -0.2) is 19.1 Å². The number of methoxy groups -OCH3 is 1. The van der Waals surface area contributed by atoms with E-state index in [4.69, 9.17) is 10.5 Å². The minimum absolute atomic E-state index is 0.187. The molecule has 0 saturated heterocycles. The van der Waals surface area contributed by atoms with E-state index < -0.39 is 6.04 Å². The van der Waals surface area contributed by atoms with Crippen molar-refractivity contribution in [3.63, 3.8) is 0 Å². The predicted molar refractivity (Wildman–Crippen MR) is 83.9 cm³/mol. The average molecular weight is 284 g/mol. The number of benzene rings is 2. The number of rotatable bonds is 6. The first kappa shape index (κ1) is 15.2. The molecule has 0 aliphatic heterocycles. The number of anilines is 1. The van der Waals surface area contributed by atoms with Crippen LogP contribution in [0.1, 0.15) is 11.1 Å². The standard InChI is InChI=1S/C17H20N2O2/c1-21-12-14-8-5-9-15(10-14)19-17(20)16(18)11-13-6-3-2-4-7-13/h2-10,16H,11-12,18H2,1H3,(H,19,20). The highest BCUT2D eigenvalue weighted by Gasteiger charge is 2.14. The van der Waals surface area contributed by atoms with Crippen molar-refractivity contribution in [3.05, 3.63) is 65.7 Å². The van der Waals surface area contributed by atoms with Crippen LogP contribution in [0, 0.1) is 0 Å². The summed E-state index contributed by atoms with van der Waals surface area (Å²) in [5, 5.41) is 2.84. The van der Waals surface area contributed by atoms with Crippen molar-refractivity contribution in [1.29, 1.82) is 0 Å². The average Bonchev–Trinajstić information content (AvgIpc) is 2.49. The summed E-state index contributed by atoms with van der Waals surface area (Å²) >= 11 is 0. The van der Waals surface area contributed by atoms with Gasteiger partial charge in [-0.05, 0) is 29.7 Å². The van der Waals surface area contributed by atoms with E-state index in [-0.39, 0.29) is 5.91 Å². The van der Waals surface area contributed by atoms with Gasteiger partial charge in [-0.15, -0.1) is 0 Å². The highest BCUT2D eigenvalue weighted by Crippen LogP contribution is 2.12. The number of carbonyl (C=O) groups is 1. The van der Waals surface area contributed by atoms with Gasteiger partial charge < -0.3 is 15.8 Å². The van der Waals surface area contributed by atoms with Crippen LogP contribution in [0.4, 0.5) is 5.69 Å². The summed E-state index contributed by atoms with van der Waals surface area (Å²) in [6, 6.07) is 16.7. The lowest BCUT2D eigenvalue weighted by molar-refractivity contribution is -0.117. The zero-order chi connectivity index (χ0) is 15.1. The van der Waals surface area contributed by atoms with Crippen LogP contribution in [0.15, 0.2) is 54.6 Å². The lowest BCUT2D eigenvalue weighted by Gasteiger charge is -2.13. The molecular formula is C17H20N2O2. The van der Waals surface area contributed by atoms with Gasteiger partial charge in [0.15, 0.2) is 0 Å². The summed E-state index contributed by atoms with van der Waals surface area (Å²) in [5.41, 5.74) is 8.75. The van der Waals surface area contributed by atoms with Gasteiger partial charge in [0.1, 0.15) is 0 Å². The fourth-order valence-electron chi connectivity index (χ4n) is 2.10. The molecule has 0 aromatic heterocycles. The second kappa shape index (κ2) is 7.57. The van der Waals surface area contributed by atoms with Gasteiger partial charge in [-0.2, -0.15) is 0 Å². The van der Waals surface area contributed by atoms with Crippen LogP contribution < -0.4 is 11.1 Å². The van der Waals surface area contributed by atoms with Crippen LogP contribution in [0.25, 0.3) is 0 Å². The maximum Gasteiger partial charge on any atom is 0.241 e. The maximum absolute atomic E-state index is 12.1. The topological polar surface area (TPSA) is 64.3 Å². The Balaban J connectivity index is 1.95. The molecule has 0 aliphatic carbocycles. The van der Waals surface area contributed by atoms with Crippen molar-refractivity contribution in [1.82, 2.24) is 0 Å². The molecule has 0 spiro atoms. The van der Waals surface area contributed by atoms with Crippen molar-refractivity contribution in [3.8, 4) is 0 Å². The predicted octanol–water partition coefficient (Wildman–Crippen LogP) is 2.34. The number of amides is 1. The summed E-state index contributed by atoms with van der Waals surface area (Å²) in [6.07, 6.45) is 0.518. The highest BCUT2D eigenvalue weighted by atomic mass is 16.5. The van der Waals surface area contributed by atoms with Crippen molar-refractivity contribution in [2.75, 3.05) is 12.4 Å². The molecule has 21 heavy (non-hydrogen) atoms. The summed E-state index contributed by atoms with van der Waals surface area (Å²) in [7, 11) is 1.64. The van der Waals surface area contributed by atoms with E-state index in [1.807, 2.05) is 54.6 Å². The van der Waals surface area contributed by atoms with E-state index in [0.29, 0.717) is 13.0 Å². The van der Waals surface area contributed by atoms with Gasteiger partial charge in [0, 0.05) is 12.8 Å². The Labute approximate surface area is 124 Å². The molecule has 4 heteroatoms. The molecule has 2 aromatic rings. The first-order valence-electron chi connectivity index (χ1n) is 6.87. The van der Waals surface area contributed by atoms with Gasteiger partial charge in [0.05, 0.1) is 12.6 Å². The lowest BCUT2D eigenvalue weighted by atomic mass is 10.1. The van der Waals surface area contributed by atoms with Crippen LogP contribution >= 0.6 is 0 Å². The van der Waals surface area contributed by atoms with Gasteiger partial charge >= 0.3 is 0 Å². The fourth-order valence-corrected chi connectivity index (χ4v) is 2.10. The number of carbonyl (C=O) groups excluding carboxylic acids is 1. The zero-order valence-electron chi connectivity index (χ0n) is 12.1. The largest absolute Gasteiger partial charge is 0.380 e. The molecule has 1 atom stereocenters. The third kappa shape index (κ3) is 4.70. The molecule has 0 saturated carbocycles. The number of nitrogens with one attached hydrogen (secondary N) is 1. The van der Waals surface area contributed by atoms with Gasteiger partial charge in [-0.1, -0.05) is 42.5 Å². The summed E-state index contributed by atoms with van der Waals surface area (Å²) in [6.45, 7) is 0.514. The van der Waals surface area contributed by atoms with Crippen LogP contribution in [-0.2, 0) is 22.6 Å². The molecule has 2 aromatic carbocycles. The molecule has 4 nitrogen and oxygen atoms in total. The minimum Gasteiger partial charge on any atom is -0.380 e. The second-order valence-corrected chi connectivity index (χ2v) is 4.92. The molecule has 0 bridgehead atoms. The molecule has 1 amide bonds. The smallest absolute Gasteiger partial charge is 0.241 e. The van der Waals surface area contributed by atoms with Crippen LogP contribution in [0.5, 0.6) is 0 Å². The van der Waals surface area contributed by atoms with Crippen LogP contribution in [0.3, 0.4) is 0 Å². The van der Waals surface area contributed by atoms with E-state index in [0.717, 1.165) is 16.8 Å². The van der Waals surface area contributed by atoms with E-state index in [1.54, 1.807) is 7.11 Å². The number of ether oxygens (including phenoxy) is 1. The molecule has 110 valence electrons. The molecular weight excluding hydrogens is 264 g/mol. The Hall–Kier alpha value is -2.17. The summed E-state index contributed by atoms with van der Waals surface area (Å²) in [5.74, 6) is -0.187. The molecule has 1 unspecified atom stereocenters. The Morgan fingerprint density at radius 2 is 1.86 bits per heavy atom. The maximum atomic E-state index is 12.1. The van der Waals surface area contributed by atoms with Crippen molar-refractivity contribution in [2.45, 2.75) is 19.1 Å². The number of hydrogen-bond donors (Lipinski definition) is 2. The molecule has 2 rings (SSSR count). The van der Waals surface area contributed by atoms with Gasteiger partial charge in [-0.25, -0.2) is 0 Å². The molecule has 0 fully saturated rings. The zero-order valence-corrected chi connectivity index (χ0v) is 12.1. The SMILES string of the molecule is COCc1cccc(NC(=O)C(N)Cc2ccccc2)c1. The molecule has 0 aliphatic rings. The number of nitrogens with two attached hydrogens (primary N) is 1. The highest BCUT2D eigenvalue weighted by molar-refractivity contribution is 5.94. The Bertz CT molecular complexity index is 584. The Morgan fingerprint density at radius 3 is 2.57 bits per heavy atom. The van der Waals surface area contributed by atoms with Gasteiger partial charge in [-0.3, -0.25) is 4.79 Å². The fraction of sp³-hybridized carbons (Fsp3) is 0.235. The molecule has 3 N–H and O–H groups in total. The van der Waals surface area contributed by atoms with E-state index >= 15 is 0 Å². The van der Waals surface area contributed by atoms with Gasteiger partial charge in [0.2, 0.25) is 5.91 Å². The lowest BCUT2D eigenvalue weighted by Crippen LogP contribution is -2.37. The normalized spacial score (nSPS) is 11.9. The summed E-state index contributed by atoms with van der Waals surface area (Å²) in [4.78, 5) is 12.1. The third-order valence-corrected chi connectivity index (χ3v) is 3.14. The molecule has 0 heterocycles. The number of hydrogen-bond acceptors (Lipinski definition) is 3. The Morgan fingerprint density at radius 1 is 1.14 bits per heavy atom. The molecule has 0 radical (unpaired) electrons. The second-order valence-electron chi connectivity index (χ2n) is 4.92. The van der Waals surface area contributed by atoms with E-state index in [9.17, 15) is 4.79 Å². The minimum atomic E-state index is -0.571. The monoisotopic (exact) mass is 284 g/mol. The first-order chi connectivity index (χ1) is 10.2. The van der Waals surface area contributed by atoms with E-state index in [2.05, 4.69) is 5.32 Å². The van der Waals surface area contributed by atoms with Crippen molar-refractivity contribution >= 4 is 11.6 Å². The third-order valence-electron chi connectivity index (χ3n) is 3.14. The van der Waals surface area contributed by atoms with E-state index in [1.165, 1.54) is 0 Å². The van der Waals surface area contributed by atoms with Crippen LogP contribution in [0.2, 0.25) is 0 Å². The van der Waals surface area contributed by atoms with Gasteiger partial charge in [0.25, 0.3) is 0 Å². The quantitative estimate of drug-likeness (QED) is 0.855. The van der Waals surface area contributed by atoms with Crippen molar-refractivity contribution in [2.24, 2.45) is 5.73 Å². The summed E-state index contributed by atoms with van der Waals surface area (Å²) < 4.78 is 5.08. The Kier molecular flexibility index (Phi) is 5.49.